The Morgan fingerprint density at radius 3 is 2.71 bits per heavy atom. The van der Waals surface area contributed by atoms with E-state index < -0.39 is 0 Å². The molecule has 0 radical (unpaired) electrons. The molecule has 3 heterocycles. The number of rotatable bonds is 14. The molecule has 0 aliphatic carbocycles. The molecule has 0 unspecified atom stereocenters. The fourth-order valence-electron chi connectivity index (χ4n) is 5.15. The van der Waals surface area contributed by atoms with Gasteiger partial charge in [-0.3, -0.25) is 9.48 Å². The van der Waals surface area contributed by atoms with Crippen molar-refractivity contribution in [3.8, 4) is 11.3 Å². The number of anilines is 1. The molecule has 11 heteroatoms. The summed E-state index contributed by atoms with van der Waals surface area (Å²) >= 11 is 0. The van der Waals surface area contributed by atoms with Crippen molar-refractivity contribution in [2.75, 3.05) is 66.0 Å². The van der Waals surface area contributed by atoms with Crippen LogP contribution in [0, 0.1) is 0 Å². The first-order chi connectivity index (χ1) is 20.4. The highest BCUT2D eigenvalue weighted by atomic mass is 16.5. The van der Waals surface area contributed by atoms with Crippen LogP contribution in [-0.2, 0) is 21.3 Å². The van der Waals surface area contributed by atoms with Gasteiger partial charge in [0.1, 0.15) is 12.1 Å². The summed E-state index contributed by atoms with van der Waals surface area (Å²) in [5, 5.41) is 11.7. The van der Waals surface area contributed by atoms with Crippen molar-refractivity contribution < 1.29 is 14.3 Å². The number of nitrogens with one attached hydrogen (secondary N) is 2. The Labute approximate surface area is 247 Å². The molecule has 2 N–H and O–H groups in total. The molecule has 1 fully saturated rings. The number of methoxy groups -OCH3 is 2. The highest BCUT2D eigenvalue weighted by Crippen LogP contribution is 2.25. The second-order valence-electron chi connectivity index (χ2n) is 10.2. The summed E-state index contributed by atoms with van der Waals surface area (Å²) < 4.78 is 12.5. The highest BCUT2D eigenvalue weighted by Gasteiger charge is 2.25. The van der Waals surface area contributed by atoms with Gasteiger partial charge in [-0.2, -0.15) is 5.10 Å². The molecule has 11 nitrogen and oxygen atoms in total. The van der Waals surface area contributed by atoms with Crippen LogP contribution in [0.4, 0.5) is 5.82 Å². The summed E-state index contributed by atoms with van der Waals surface area (Å²) in [4.78, 5) is 26.0. The number of carbonyl (C=O) groups excluding carboxylic acids is 1. The number of hydrogen-bond acceptors (Lipinski definition) is 9. The third kappa shape index (κ3) is 8.03. The third-order valence-corrected chi connectivity index (χ3v) is 7.56. The molecule has 1 amide bonds. The van der Waals surface area contributed by atoms with Gasteiger partial charge in [-0.25, -0.2) is 9.97 Å². The van der Waals surface area contributed by atoms with E-state index in [1.165, 1.54) is 6.08 Å². The van der Waals surface area contributed by atoms with Crippen molar-refractivity contribution in [3.05, 3.63) is 73.0 Å². The number of hydrogen-bond donors (Lipinski definition) is 2. The molecule has 4 rings (SSSR count). The number of likely N-dealkylation sites (tertiary alicyclic amines) is 1. The number of nitrogens with zero attached hydrogens (tertiary/aromatic N) is 6. The fourth-order valence-corrected chi connectivity index (χ4v) is 5.15. The first kappa shape index (κ1) is 30.9. The zero-order valence-corrected chi connectivity index (χ0v) is 25.0. The number of piperidine rings is 1. The maximum atomic E-state index is 12.5. The number of likely N-dealkylation sites (N-methyl/N-ethyl adjacent to an activating group) is 1. The number of aromatic nitrogens is 4. The first-order valence-corrected chi connectivity index (χ1v) is 14.2. The van der Waals surface area contributed by atoms with Crippen LogP contribution in [0.15, 0.2) is 73.0 Å². The van der Waals surface area contributed by atoms with Crippen molar-refractivity contribution >= 4 is 22.6 Å². The van der Waals surface area contributed by atoms with E-state index in [1.54, 1.807) is 20.5 Å². The Hall–Kier alpha value is -4.06. The number of ether oxygens (including phenoxy) is 2. The van der Waals surface area contributed by atoms with Crippen LogP contribution in [-0.4, -0.2) is 102 Å². The first-order valence-electron chi connectivity index (χ1n) is 14.2. The van der Waals surface area contributed by atoms with Gasteiger partial charge < -0.3 is 29.9 Å². The van der Waals surface area contributed by atoms with Gasteiger partial charge >= 0.3 is 0 Å². The number of aryl methyl sites for hydroxylation is 1. The standard InChI is InChI=1S/C31H42N8O3/c1-6-31(40)36-26(29(12-17-41-4)37(2)25-10-14-39(15-11-25)16-18-42-5)9-13-32-30-20-27(33-22-34-30)23-7-8-28-24(19-23)21-35-38(28)3/h6-9,12,19-22,25H,1,10-11,13-18H2,2-5H3,(H,36,40)(H,32,33,34)/b26-9+,29-12+. The van der Waals surface area contributed by atoms with Gasteiger partial charge in [-0.05, 0) is 43.2 Å². The average Bonchev–Trinajstić information content (AvgIpc) is 3.39. The second-order valence-corrected chi connectivity index (χ2v) is 10.2. The van der Waals surface area contributed by atoms with Crippen LogP contribution in [0.3, 0.4) is 0 Å². The summed E-state index contributed by atoms with van der Waals surface area (Å²) in [6, 6.07) is 8.38. The molecule has 1 aromatic carbocycles. The summed E-state index contributed by atoms with van der Waals surface area (Å²) in [5.74, 6) is 0.401. The Kier molecular flexibility index (Phi) is 11.2. The quantitative estimate of drug-likeness (QED) is 0.222. The Balaban J connectivity index is 1.50. The van der Waals surface area contributed by atoms with Gasteiger partial charge in [0.05, 0.1) is 42.0 Å². The van der Waals surface area contributed by atoms with Crippen LogP contribution in [0.2, 0.25) is 0 Å². The normalized spacial score (nSPS) is 15.1. The predicted molar refractivity (Wildman–Crippen MR) is 166 cm³/mol. The number of amides is 1. The van der Waals surface area contributed by atoms with Crippen molar-refractivity contribution in [1.29, 1.82) is 0 Å². The van der Waals surface area contributed by atoms with E-state index in [0.29, 0.717) is 30.7 Å². The van der Waals surface area contributed by atoms with Gasteiger partial charge in [-0.15, -0.1) is 0 Å². The van der Waals surface area contributed by atoms with E-state index in [-0.39, 0.29) is 5.91 Å². The minimum atomic E-state index is -0.275. The van der Waals surface area contributed by atoms with E-state index in [9.17, 15) is 4.79 Å². The molecule has 0 bridgehead atoms. The molecule has 0 atom stereocenters. The van der Waals surface area contributed by atoms with Crippen LogP contribution < -0.4 is 10.6 Å². The molecule has 0 saturated carbocycles. The average molecular weight is 575 g/mol. The predicted octanol–water partition coefficient (Wildman–Crippen LogP) is 3.20. The minimum Gasteiger partial charge on any atom is -0.383 e. The molecule has 42 heavy (non-hydrogen) atoms. The lowest BCUT2D eigenvalue weighted by atomic mass is 10.0. The monoisotopic (exact) mass is 574 g/mol. The van der Waals surface area contributed by atoms with Crippen LogP contribution in [0.5, 0.6) is 0 Å². The maximum absolute atomic E-state index is 12.5. The van der Waals surface area contributed by atoms with Crippen LogP contribution in [0.25, 0.3) is 22.2 Å². The smallest absolute Gasteiger partial charge is 0.247 e. The molecule has 1 aliphatic heterocycles. The third-order valence-electron chi connectivity index (χ3n) is 7.56. The number of fused-ring (bicyclic) bond motifs is 1. The lowest BCUT2D eigenvalue weighted by Crippen LogP contribution is -2.45. The van der Waals surface area contributed by atoms with Gasteiger partial charge in [0, 0.05) is 77.6 Å². The Morgan fingerprint density at radius 1 is 1.17 bits per heavy atom. The maximum Gasteiger partial charge on any atom is 0.247 e. The minimum absolute atomic E-state index is 0.275. The van der Waals surface area contributed by atoms with Crippen molar-refractivity contribution in [1.82, 2.24) is 34.9 Å². The molecule has 0 spiro atoms. The molecular weight excluding hydrogens is 532 g/mol. The van der Waals surface area contributed by atoms with Gasteiger partial charge in [0.15, 0.2) is 0 Å². The van der Waals surface area contributed by atoms with Gasteiger partial charge in [0.2, 0.25) is 5.91 Å². The summed E-state index contributed by atoms with van der Waals surface area (Å²) in [6.45, 7) is 8.16. The molecule has 2 aromatic heterocycles. The van der Waals surface area contributed by atoms with Crippen molar-refractivity contribution in [2.45, 2.75) is 18.9 Å². The highest BCUT2D eigenvalue weighted by molar-refractivity contribution is 5.88. The molecular formula is C31H42N8O3. The largest absolute Gasteiger partial charge is 0.383 e. The summed E-state index contributed by atoms with van der Waals surface area (Å²) in [5.41, 5.74) is 4.43. The van der Waals surface area contributed by atoms with Crippen molar-refractivity contribution in [3.63, 3.8) is 0 Å². The van der Waals surface area contributed by atoms with E-state index in [0.717, 1.165) is 66.9 Å². The van der Waals surface area contributed by atoms with Crippen LogP contribution in [0.1, 0.15) is 12.8 Å². The zero-order chi connectivity index (χ0) is 29.9. The fraction of sp³-hybridized carbons (Fsp3) is 0.419. The van der Waals surface area contributed by atoms with E-state index in [2.05, 4.69) is 55.2 Å². The Morgan fingerprint density at radius 2 is 1.98 bits per heavy atom. The van der Waals surface area contributed by atoms with Crippen molar-refractivity contribution in [2.24, 2.45) is 7.05 Å². The van der Waals surface area contributed by atoms with Gasteiger partial charge in [-0.1, -0.05) is 12.6 Å². The van der Waals surface area contributed by atoms with E-state index in [4.69, 9.17) is 9.47 Å². The van der Waals surface area contributed by atoms with Gasteiger partial charge in [0.25, 0.3) is 0 Å². The summed E-state index contributed by atoms with van der Waals surface area (Å²) in [7, 11) is 7.40. The topological polar surface area (TPSA) is 110 Å². The molecule has 3 aromatic rings. The molecule has 1 saturated heterocycles. The Bertz CT molecular complexity index is 1410. The van der Waals surface area contributed by atoms with E-state index >= 15 is 0 Å². The summed E-state index contributed by atoms with van der Waals surface area (Å²) in [6.07, 6.45) is 10.7. The molecule has 1 aliphatic rings. The lowest BCUT2D eigenvalue weighted by molar-refractivity contribution is -0.115. The molecule has 224 valence electrons. The number of benzene rings is 1. The zero-order valence-electron chi connectivity index (χ0n) is 25.0. The lowest BCUT2D eigenvalue weighted by Gasteiger charge is -2.39. The van der Waals surface area contributed by atoms with E-state index in [1.807, 2.05) is 48.3 Å². The van der Waals surface area contributed by atoms with Crippen LogP contribution >= 0.6 is 0 Å². The number of carbonyl (C=O) groups is 1. The SMILES string of the molecule is C=CC(=O)NC(=C/CNc1cc(-c2ccc3c(cnn3C)c2)ncn1)/C(=C\COC)N(C)C1CCN(CCOC)CC1. The second kappa shape index (κ2) is 15.2.